The van der Waals surface area contributed by atoms with Crippen LogP contribution < -0.4 is 25.8 Å². The van der Waals surface area contributed by atoms with E-state index in [2.05, 4.69) is 110 Å². The van der Waals surface area contributed by atoms with Crippen LogP contribution in [0, 0.1) is 13.8 Å². The lowest BCUT2D eigenvalue weighted by Gasteiger charge is -2.36. The Kier molecular flexibility index (Phi) is 17.3. The Balaban J connectivity index is 0.000000290. The van der Waals surface area contributed by atoms with Gasteiger partial charge in [-0.15, -0.1) is 12.4 Å². The van der Waals surface area contributed by atoms with Crippen LogP contribution in [0.3, 0.4) is 0 Å². The summed E-state index contributed by atoms with van der Waals surface area (Å²) in [5, 5.41) is 0. The number of likely N-dealkylation sites (N-methyl/N-ethyl adjacent to an activating group) is 1. The van der Waals surface area contributed by atoms with Gasteiger partial charge in [-0.2, -0.15) is 0 Å². The largest absolute Gasteiger partial charge is 0.399 e. The molecule has 0 aliphatic carbocycles. The number of unbranched alkanes of at least 4 members (excludes halogenated alkanes) is 11. The smallest absolute Gasteiger partial charge is 0.243 e. The Labute approximate surface area is 312 Å². The van der Waals surface area contributed by atoms with Crippen LogP contribution in [0.5, 0.6) is 0 Å². The zero-order chi connectivity index (χ0) is 35.2. The van der Waals surface area contributed by atoms with Gasteiger partial charge in [0.25, 0.3) is 0 Å². The zero-order valence-corrected chi connectivity index (χ0v) is 33.4. The number of imidazole rings is 1. The van der Waals surface area contributed by atoms with E-state index >= 15 is 0 Å². The molecule has 0 saturated carbocycles. The summed E-state index contributed by atoms with van der Waals surface area (Å²) in [4.78, 5) is 5.00. The van der Waals surface area contributed by atoms with E-state index < -0.39 is 0 Å². The molecule has 2 saturated heterocycles. The second kappa shape index (κ2) is 20.8. The van der Waals surface area contributed by atoms with E-state index in [9.17, 15) is 0 Å². The minimum Gasteiger partial charge on any atom is -0.399 e. The topological polar surface area (TPSA) is 67.3 Å². The molecule has 2 aliphatic heterocycles. The fraction of sp³-hybridized carbons (Fsp3) is 0.643. The second-order valence-corrected chi connectivity index (χ2v) is 15.8. The molecule has 1 aromatic heterocycles. The number of halogens is 1. The van der Waals surface area contributed by atoms with E-state index in [1.807, 2.05) is 6.07 Å². The molecule has 0 radical (unpaired) electrons. The van der Waals surface area contributed by atoms with E-state index in [4.69, 9.17) is 11.5 Å². The van der Waals surface area contributed by atoms with Crippen molar-refractivity contribution < 1.29 is 9.05 Å². The summed E-state index contributed by atoms with van der Waals surface area (Å²) in [7, 11) is 6.95. The summed E-state index contributed by atoms with van der Waals surface area (Å²) in [6.45, 7) is 12.3. The van der Waals surface area contributed by atoms with Crippen molar-refractivity contribution in [2.75, 3.05) is 68.1 Å². The van der Waals surface area contributed by atoms with Crippen molar-refractivity contribution in [2.24, 2.45) is 7.05 Å². The number of quaternary nitrogens is 1. The van der Waals surface area contributed by atoms with Crippen molar-refractivity contribution >= 4 is 35.2 Å². The molecular formula is C42H72ClN7+2. The quantitative estimate of drug-likeness (QED) is 0.0636. The lowest BCUT2D eigenvalue weighted by Crippen LogP contribution is -2.50. The van der Waals surface area contributed by atoms with Crippen molar-refractivity contribution in [3.8, 4) is 0 Å². The van der Waals surface area contributed by atoms with E-state index in [1.165, 1.54) is 131 Å². The molecule has 4 N–H and O–H groups in total. The van der Waals surface area contributed by atoms with Crippen LogP contribution in [-0.2, 0) is 7.05 Å². The van der Waals surface area contributed by atoms with Gasteiger partial charge in [-0.25, -0.2) is 9.13 Å². The van der Waals surface area contributed by atoms with Crippen LogP contribution >= 0.6 is 12.4 Å². The van der Waals surface area contributed by atoms with Gasteiger partial charge in [0.15, 0.2) is 0 Å². The molecule has 3 heterocycles. The predicted molar refractivity (Wildman–Crippen MR) is 219 cm³/mol. The molecule has 3 aromatic rings. The highest BCUT2D eigenvalue weighted by Crippen LogP contribution is 2.30. The van der Waals surface area contributed by atoms with Gasteiger partial charge in [-0.05, 0) is 74.2 Å². The maximum absolute atomic E-state index is 6.00. The first-order chi connectivity index (χ1) is 23.6. The van der Waals surface area contributed by atoms with Gasteiger partial charge in [0.2, 0.25) is 6.33 Å². The van der Waals surface area contributed by atoms with Crippen LogP contribution in [0.2, 0.25) is 0 Å². The van der Waals surface area contributed by atoms with Crippen LogP contribution in [0.4, 0.5) is 22.7 Å². The number of aromatic nitrogens is 2. The molecule has 50 heavy (non-hydrogen) atoms. The summed E-state index contributed by atoms with van der Waals surface area (Å²) >= 11 is 0. The maximum Gasteiger partial charge on any atom is 0.243 e. The summed E-state index contributed by atoms with van der Waals surface area (Å²) in [5.74, 6) is 0. The Morgan fingerprint density at radius 3 is 1.72 bits per heavy atom. The average Bonchev–Trinajstić information content (AvgIpc) is 3.86. The molecule has 2 fully saturated rings. The highest BCUT2D eigenvalue weighted by molar-refractivity contribution is 5.85. The zero-order valence-electron chi connectivity index (χ0n) is 32.6. The number of nitrogens with two attached hydrogens (primary N) is 2. The minimum atomic E-state index is 0. The Hall–Kier alpha value is -2.90. The first kappa shape index (κ1) is 41.5. The van der Waals surface area contributed by atoms with Crippen molar-refractivity contribution in [1.82, 2.24) is 4.57 Å². The van der Waals surface area contributed by atoms with Crippen molar-refractivity contribution in [2.45, 2.75) is 123 Å². The van der Waals surface area contributed by atoms with Crippen LogP contribution in [0.15, 0.2) is 55.1 Å². The number of hydrogen-bond acceptors (Lipinski definition) is 4. The van der Waals surface area contributed by atoms with Crippen molar-refractivity contribution in [3.05, 3.63) is 66.2 Å². The number of rotatable bonds is 17. The van der Waals surface area contributed by atoms with Crippen LogP contribution in [0.1, 0.15) is 114 Å². The predicted octanol–water partition coefficient (Wildman–Crippen LogP) is 9.01. The molecular weight excluding hydrogens is 638 g/mol. The monoisotopic (exact) mass is 710 g/mol. The molecule has 280 valence electrons. The third-order valence-corrected chi connectivity index (χ3v) is 11.4. The number of anilines is 4. The molecule has 2 atom stereocenters. The summed E-state index contributed by atoms with van der Waals surface area (Å²) in [6.07, 6.45) is 26.1. The fourth-order valence-corrected chi connectivity index (χ4v) is 7.71. The Bertz CT molecular complexity index is 1400. The highest BCUT2D eigenvalue weighted by atomic mass is 35.5. The lowest BCUT2D eigenvalue weighted by molar-refractivity contribution is -0.912. The summed E-state index contributed by atoms with van der Waals surface area (Å²) in [6, 6.07) is 14.1. The number of aryl methyl sites for hydroxylation is 3. The van der Waals surface area contributed by atoms with E-state index in [1.54, 1.807) is 0 Å². The first-order valence-corrected chi connectivity index (χ1v) is 19.6. The van der Waals surface area contributed by atoms with Crippen molar-refractivity contribution in [1.29, 1.82) is 0 Å². The number of nitrogen functional groups attached to an aromatic ring is 2. The van der Waals surface area contributed by atoms with Gasteiger partial charge in [-0.1, -0.05) is 71.1 Å². The highest BCUT2D eigenvalue weighted by Gasteiger charge is 2.35. The second-order valence-electron chi connectivity index (χ2n) is 15.8. The minimum absolute atomic E-state index is 0. The van der Waals surface area contributed by atoms with Gasteiger partial charge >= 0.3 is 0 Å². The summed E-state index contributed by atoms with van der Waals surface area (Å²) < 4.78 is 5.57. The molecule has 8 heteroatoms. The summed E-state index contributed by atoms with van der Waals surface area (Å²) in [5.41, 5.74) is 18.6. The molecule has 2 unspecified atom stereocenters. The van der Waals surface area contributed by atoms with Gasteiger partial charge < -0.3 is 25.8 Å². The fourth-order valence-electron chi connectivity index (χ4n) is 7.71. The molecule has 2 aromatic carbocycles. The molecule has 7 nitrogen and oxygen atoms in total. The van der Waals surface area contributed by atoms with E-state index in [0.717, 1.165) is 36.1 Å². The van der Waals surface area contributed by atoms with Crippen LogP contribution in [0.25, 0.3) is 0 Å². The van der Waals surface area contributed by atoms with E-state index in [0.29, 0.717) is 6.04 Å². The molecule has 2 aliphatic rings. The maximum atomic E-state index is 6.00. The standard InChI is InChI=1S/C27H50N3.C15H21N4.ClH/c1-5-6-7-8-9-10-11-12-13-14-15-16-21-30(3,4)26-19-20-29(23-26)25-17-18-27(28)24(2)22-25;1-12-9-13(3-4-15(12)16)18-6-5-14(10-18)19-8-7-17(2)11-19;/h17-18,22,26H,5-16,19-21,23,28H2,1-4H3;3-4,7-9,11,14H,5-6,10,16H2,1-2H3;1H/q2*+1;. The molecule has 0 spiro atoms. The Morgan fingerprint density at radius 1 is 0.720 bits per heavy atom. The molecule has 0 bridgehead atoms. The van der Waals surface area contributed by atoms with Gasteiger partial charge in [-0.3, -0.25) is 0 Å². The number of nitrogens with zero attached hydrogens (tertiary/aromatic N) is 5. The third kappa shape index (κ3) is 12.7. The average molecular weight is 711 g/mol. The Morgan fingerprint density at radius 2 is 1.22 bits per heavy atom. The van der Waals surface area contributed by atoms with Gasteiger partial charge in [0, 0.05) is 48.7 Å². The number of hydrogen-bond donors (Lipinski definition) is 2. The molecule has 0 amide bonds. The number of benzene rings is 2. The first-order valence-electron chi connectivity index (χ1n) is 19.6. The molecule has 5 rings (SSSR count). The van der Waals surface area contributed by atoms with Gasteiger partial charge in [0.1, 0.15) is 24.5 Å². The normalized spacial score (nSPS) is 17.5. The van der Waals surface area contributed by atoms with E-state index in [-0.39, 0.29) is 12.4 Å². The van der Waals surface area contributed by atoms with Gasteiger partial charge in [0.05, 0.1) is 40.8 Å². The van der Waals surface area contributed by atoms with Crippen molar-refractivity contribution in [3.63, 3.8) is 0 Å². The van der Waals surface area contributed by atoms with Crippen LogP contribution in [-0.4, -0.2) is 61.9 Å². The SMILES string of the molecule is CCCCCCCCCCCCCC[N+](C)(C)C1CCN(c2ccc(N)c(C)c2)C1.Cc1cc(N2CCC(n3cc[n+](C)c3)C2)ccc1N.Cl. The third-order valence-electron chi connectivity index (χ3n) is 11.4. The lowest BCUT2D eigenvalue weighted by atomic mass is 10.0.